The van der Waals surface area contributed by atoms with Crippen LogP contribution in [0, 0.1) is 0 Å². The summed E-state index contributed by atoms with van der Waals surface area (Å²) in [6.45, 7) is 3.61. The molecule has 0 aliphatic carbocycles. The maximum Gasteiger partial charge on any atom is 0.192 e. The number of allylic oxidation sites excluding steroid dienone is 4. The molecular weight excluding hydrogens is 220 g/mol. The third-order valence-electron chi connectivity index (χ3n) is 2.17. The van der Waals surface area contributed by atoms with Gasteiger partial charge in [0.1, 0.15) is 11.7 Å². The van der Waals surface area contributed by atoms with Crippen LogP contribution in [0.1, 0.15) is 52.4 Å². The van der Waals surface area contributed by atoms with Gasteiger partial charge >= 0.3 is 0 Å². The second kappa shape index (κ2) is 8.36. The van der Waals surface area contributed by atoms with Crippen LogP contribution in [0.5, 0.6) is 0 Å². The van der Waals surface area contributed by atoms with Crippen LogP contribution >= 0.6 is 0 Å². The lowest BCUT2D eigenvalue weighted by Gasteiger charge is -2.01. The fraction of sp³-hybridized carbons (Fsp3) is 0.667. The first-order chi connectivity index (χ1) is 7.54. The summed E-state index contributed by atoms with van der Waals surface area (Å²) in [6, 6.07) is 0. The molecule has 4 heteroatoms. The Bertz CT molecular complexity index is 238. The fourth-order valence-electron chi connectivity index (χ4n) is 1.12. The molecular formula is C12H18F4. The second-order valence-electron chi connectivity index (χ2n) is 3.64. The highest BCUT2D eigenvalue weighted by atomic mass is 19.2. The van der Waals surface area contributed by atoms with Crippen LogP contribution in [0.25, 0.3) is 0 Å². The lowest BCUT2D eigenvalue weighted by atomic mass is 10.2. The summed E-state index contributed by atoms with van der Waals surface area (Å²) in [4.78, 5) is 0. The average molecular weight is 238 g/mol. The van der Waals surface area contributed by atoms with E-state index in [9.17, 15) is 17.6 Å². The van der Waals surface area contributed by atoms with Crippen LogP contribution in [0.15, 0.2) is 23.3 Å². The van der Waals surface area contributed by atoms with Crippen molar-refractivity contribution in [3.63, 3.8) is 0 Å². The molecule has 0 heterocycles. The van der Waals surface area contributed by atoms with Gasteiger partial charge in [-0.15, -0.1) is 0 Å². The van der Waals surface area contributed by atoms with Gasteiger partial charge in [-0.2, -0.15) is 0 Å². The zero-order chi connectivity index (χ0) is 12.6. The molecule has 0 spiro atoms. The summed E-state index contributed by atoms with van der Waals surface area (Å²) >= 11 is 0. The van der Waals surface area contributed by atoms with Crippen molar-refractivity contribution in [3.05, 3.63) is 23.3 Å². The van der Waals surface area contributed by atoms with E-state index in [1.807, 2.05) is 0 Å². The predicted octanol–water partition coefficient (Wildman–Crippen LogP) is 5.67. The van der Waals surface area contributed by atoms with Crippen molar-refractivity contribution in [1.29, 1.82) is 0 Å². The molecule has 0 aromatic heterocycles. The van der Waals surface area contributed by atoms with Crippen molar-refractivity contribution in [2.45, 2.75) is 52.4 Å². The number of hydrogen-bond donors (Lipinski definition) is 0. The number of unbranched alkanes of at least 4 members (excludes halogenated alkanes) is 2. The molecule has 0 aromatic rings. The van der Waals surface area contributed by atoms with Gasteiger partial charge < -0.3 is 0 Å². The standard InChI is InChI=1S/C12H18F4/c1-3-5-7-9(13)11(15)12(16)10(14)8-6-4-2/h3-8H2,1-2H3/b11-9+,12-10+. The zero-order valence-corrected chi connectivity index (χ0v) is 9.75. The quantitative estimate of drug-likeness (QED) is 0.396. The molecule has 0 aromatic carbocycles. The lowest BCUT2D eigenvalue weighted by molar-refractivity contribution is 0.438. The van der Waals surface area contributed by atoms with Crippen molar-refractivity contribution >= 4 is 0 Å². The van der Waals surface area contributed by atoms with Crippen molar-refractivity contribution in [2.24, 2.45) is 0 Å². The monoisotopic (exact) mass is 238 g/mol. The summed E-state index contributed by atoms with van der Waals surface area (Å²) < 4.78 is 52.0. The summed E-state index contributed by atoms with van der Waals surface area (Å²) in [6.07, 6.45) is 1.81. The lowest BCUT2D eigenvalue weighted by Crippen LogP contribution is -1.88. The fourth-order valence-corrected chi connectivity index (χ4v) is 1.12. The minimum atomic E-state index is -1.68. The third-order valence-corrected chi connectivity index (χ3v) is 2.17. The Morgan fingerprint density at radius 3 is 1.25 bits per heavy atom. The molecule has 0 atom stereocenters. The molecule has 94 valence electrons. The maximum absolute atomic E-state index is 13.0. The Morgan fingerprint density at radius 1 is 0.688 bits per heavy atom. The Hall–Kier alpha value is -0.800. The first-order valence-corrected chi connectivity index (χ1v) is 5.63. The summed E-state index contributed by atoms with van der Waals surface area (Å²) in [5.41, 5.74) is 0. The molecule has 0 unspecified atom stereocenters. The molecule has 0 nitrogen and oxygen atoms in total. The molecule has 0 saturated heterocycles. The van der Waals surface area contributed by atoms with Crippen molar-refractivity contribution in [2.75, 3.05) is 0 Å². The van der Waals surface area contributed by atoms with Crippen LogP contribution in [0.3, 0.4) is 0 Å². The topological polar surface area (TPSA) is 0 Å². The Morgan fingerprint density at radius 2 is 1.00 bits per heavy atom. The van der Waals surface area contributed by atoms with E-state index in [0.717, 1.165) is 0 Å². The van der Waals surface area contributed by atoms with E-state index in [-0.39, 0.29) is 12.8 Å². The SMILES string of the molecule is CCCC/C(F)=C(F)/C(F)=C(\F)CCCC. The Balaban J connectivity index is 4.60. The molecule has 0 aliphatic rings. The summed E-state index contributed by atoms with van der Waals surface area (Å²) in [5.74, 6) is -5.76. The van der Waals surface area contributed by atoms with Gasteiger partial charge in [0.05, 0.1) is 0 Å². The van der Waals surface area contributed by atoms with Crippen LogP contribution in [-0.2, 0) is 0 Å². The molecule has 0 aliphatic heterocycles. The summed E-state index contributed by atoms with van der Waals surface area (Å²) in [5, 5.41) is 0. The predicted molar refractivity (Wildman–Crippen MR) is 57.5 cm³/mol. The van der Waals surface area contributed by atoms with E-state index >= 15 is 0 Å². The van der Waals surface area contributed by atoms with Gasteiger partial charge in [0.25, 0.3) is 0 Å². The molecule has 0 saturated carbocycles. The minimum absolute atomic E-state index is 0.184. The average Bonchev–Trinajstić information content (AvgIpc) is 2.30. The molecule has 0 fully saturated rings. The van der Waals surface area contributed by atoms with E-state index < -0.39 is 23.3 Å². The highest BCUT2D eigenvalue weighted by molar-refractivity contribution is 5.24. The molecule has 0 amide bonds. The smallest absolute Gasteiger partial charge is 0.192 e. The van der Waals surface area contributed by atoms with Crippen LogP contribution in [-0.4, -0.2) is 0 Å². The highest BCUT2D eigenvalue weighted by Gasteiger charge is 2.16. The van der Waals surface area contributed by atoms with E-state index in [2.05, 4.69) is 0 Å². The largest absolute Gasteiger partial charge is 0.208 e. The van der Waals surface area contributed by atoms with Crippen LogP contribution in [0.4, 0.5) is 17.6 Å². The van der Waals surface area contributed by atoms with Gasteiger partial charge in [0.2, 0.25) is 0 Å². The van der Waals surface area contributed by atoms with Gasteiger partial charge in [0, 0.05) is 12.8 Å². The number of rotatable bonds is 7. The number of hydrogen-bond acceptors (Lipinski definition) is 0. The Kier molecular flexibility index (Phi) is 7.95. The molecule has 16 heavy (non-hydrogen) atoms. The maximum atomic E-state index is 13.0. The van der Waals surface area contributed by atoms with E-state index in [0.29, 0.717) is 25.7 Å². The van der Waals surface area contributed by atoms with E-state index in [4.69, 9.17) is 0 Å². The van der Waals surface area contributed by atoms with Gasteiger partial charge in [-0.1, -0.05) is 26.7 Å². The van der Waals surface area contributed by atoms with E-state index in [1.165, 1.54) is 0 Å². The molecule has 0 rings (SSSR count). The minimum Gasteiger partial charge on any atom is -0.208 e. The highest BCUT2D eigenvalue weighted by Crippen LogP contribution is 2.27. The van der Waals surface area contributed by atoms with Gasteiger partial charge in [-0.25, -0.2) is 17.6 Å². The van der Waals surface area contributed by atoms with Crippen LogP contribution in [0.2, 0.25) is 0 Å². The number of halogens is 4. The third kappa shape index (κ3) is 5.33. The van der Waals surface area contributed by atoms with Crippen molar-refractivity contribution < 1.29 is 17.6 Å². The van der Waals surface area contributed by atoms with Crippen molar-refractivity contribution in [3.8, 4) is 0 Å². The van der Waals surface area contributed by atoms with Crippen molar-refractivity contribution in [1.82, 2.24) is 0 Å². The first-order valence-electron chi connectivity index (χ1n) is 5.63. The molecule has 0 N–H and O–H groups in total. The first kappa shape index (κ1) is 15.2. The van der Waals surface area contributed by atoms with Gasteiger partial charge in [0.15, 0.2) is 11.7 Å². The summed E-state index contributed by atoms with van der Waals surface area (Å²) in [7, 11) is 0. The Labute approximate surface area is 94.0 Å². The van der Waals surface area contributed by atoms with Crippen LogP contribution < -0.4 is 0 Å². The van der Waals surface area contributed by atoms with Gasteiger partial charge in [-0.05, 0) is 12.8 Å². The second-order valence-corrected chi connectivity index (χ2v) is 3.64. The normalized spacial score (nSPS) is 14.6. The van der Waals surface area contributed by atoms with E-state index in [1.54, 1.807) is 13.8 Å². The molecule has 0 bridgehead atoms. The van der Waals surface area contributed by atoms with Gasteiger partial charge in [-0.3, -0.25) is 0 Å². The zero-order valence-electron chi connectivity index (χ0n) is 9.75. The molecule has 0 radical (unpaired) electrons.